The summed E-state index contributed by atoms with van der Waals surface area (Å²) in [7, 11) is 2.82. The van der Waals surface area contributed by atoms with Gasteiger partial charge < -0.3 is 29.5 Å². The Morgan fingerprint density at radius 2 is 2.07 bits per heavy atom. The minimum Gasteiger partial charge on any atom is -0.489 e. The van der Waals surface area contributed by atoms with E-state index in [0.717, 1.165) is 32.1 Å². The second-order valence-corrected chi connectivity index (χ2v) is 13.1. The Kier molecular flexibility index (Phi) is 8.17. The molecule has 230 valence electrons. The van der Waals surface area contributed by atoms with E-state index in [4.69, 9.17) is 26.1 Å². The molecule has 1 aromatic carbocycles. The molecule has 0 saturated heterocycles. The number of esters is 1. The van der Waals surface area contributed by atoms with Crippen LogP contribution in [0.3, 0.4) is 0 Å². The molecular formula is C33H40ClN3O6. The smallest absolute Gasteiger partial charge is 0.344 e. The van der Waals surface area contributed by atoms with E-state index in [1.54, 1.807) is 19.2 Å². The number of halogens is 1. The fourth-order valence-corrected chi connectivity index (χ4v) is 7.52. The van der Waals surface area contributed by atoms with Crippen molar-refractivity contribution in [3.8, 4) is 5.75 Å². The number of pyridine rings is 1. The van der Waals surface area contributed by atoms with Crippen molar-refractivity contribution in [3.63, 3.8) is 0 Å². The molecule has 1 spiro atoms. The molecule has 2 aliphatic carbocycles. The number of fused-ring (bicyclic) bond motifs is 4. The quantitative estimate of drug-likeness (QED) is 0.371. The third-order valence-electron chi connectivity index (χ3n) is 9.99. The number of carbonyl (C=O) groups excluding carboxylic acids is 2. The third kappa shape index (κ3) is 5.51. The average Bonchev–Trinajstić information content (AvgIpc) is 3.13. The lowest BCUT2D eigenvalue weighted by Crippen LogP contribution is -2.50. The van der Waals surface area contributed by atoms with Gasteiger partial charge in [0.1, 0.15) is 0 Å². The van der Waals surface area contributed by atoms with E-state index in [1.165, 1.54) is 23.1 Å². The number of benzene rings is 1. The van der Waals surface area contributed by atoms with Gasteiger partial charge in [0.25, 0.3) is 0 Å². The molecule has 2 aliphatic heterocycles. The number of amides is 1. The Morgan fingerprint density at radius 3 is 2.84 bits per heavy atom. The Bertz CT molecular complexity index is 1430. The van der Waals surface area contributed by atoms with Crippen molar-refractivity contribution < 1.29 is 29.3 Å². The van der Waals surface area contributed by atoms with E-state index < -0.39 is 30.0 Å². The molecule has 3 heterocycles. The van der Waals surface area contributed by atoms with Gasteiger partial charge in [-0.05, 0) is 85.8 Å². The number of hydrogen-bond donors (Lipinski definition) is 2. The summed E-state index contributed by atoms with van der Waals surface area (Å²) < 4.78 is 11.5. The summed E-state index contributed by atoms with van der Waals surface area (Å²) in [6.45, 7) is 2.06. The molecule has 10 heteroatoms. The molecule has 1 amide bonds. The zero-order chi connectivity index (χ0) is 30.4. The van der Waals surface area contributed by atoms with E-state index in [9.17, 15) is 19.8 Å². The predicted molar refractivity (Wildman–Crippen MR) is 162 cm³/mol. The fourth-order valence-electron chi connectivity index (χ4n) is 7.33. The van der Waals surface area contributed by atoms with Gasteiger partial charge in [-0.3, -0.25) is 4.79 Å². The number of rotatable bonds is 1. The first-order valence-electron chi connectivity index (χ1n) is 15.2. The van der Waals surface area contributed by atoms with Crippen molar-refractivity contribution in [3.05, 3.63) is 64.3 Å². The highest BCUT2D eigenvalue weighted by Crippen LogP contribution is 2.46. The monoisotopic (exact) mass is 609 g/mol. The maximum atomic E-state index is 13.2. The Labute approximate surface area is 257 Å². The predicted octanol–water partition coefficient (Wildman–Crippen LogP) is 3.76. The molecule has 4 aliphatic rings. The lowest BCUT2D eigenvalue weighted by atomic mass is 9.68. The number of aliphatic hydroxyl groups is 2. The second-order valence-electron chi connectivity index (χ2n) is 12.7. The summed E-state index contributed by atoms with van der Waals surface area (Å²) in [6, 6.07) is 9.39. The van der Waals surface area contributed by atoms with Crippen molar-refractivity contribution in [2.24, 2.45) is 11.8 Å². The summed E-state index contributed by atoms with van der Waals surface area (Å²) in [5.74, 6) is 0.0174. The molecule has 43 heavy (non-hydrogen) atoms. The molecule has 0 unspecified atom stereocenters. The van der Waals surface area contributed by atoms with Crippen molar-refractivity contribution in [2.45, 2.75) is 62.1 Å². The van der Waals surface area contributed by atoms with Crippen LogP contribution in [0.25, 0.3) is 0 Å². The Balaban J connectivity index is 1.46. The SMILES string of the molecule is COC(=O)[C@]1(O)CC(=O)N(C)CC/C=C/[C@H](O)[C@@H]2CC[C@H]2CN2C[C@@]3(CCCc4cc(Cl)ccc43)COc3ccc1nc32. The van der Waals surface area contributed by atoms with Gasteiger partial charge in [0.2, 0.25) is 11.5 Å². The minimum absolute atomic E-state index is 0.0393. The highest BCUT2D eigenvalue weighted by Gasteiger charge is 2.47. The van der Waals surface area contributed by atoms with E-state index >= 15 is 0 Å². The van der Waals surface area contributed by atoms with Crippen LogP contribution >= 0.6 is 11.6 Å². The first-order valence-corrected chi connectivity index (χ1v) is 15.6. The van der Waals surface area contributed by atoms with Crippen LogP contribution in [0.4, 0.5) is 5.82 Å². The number of hydrogen-bond acceptors (Lipinski definition) is 8. The van der Waals surface area contributed by atoms with Crippen LogP contribution in [-0.4, -0.2) is 78.5 Å². The van der Waals surface area contributed by atoms with E-state index in [0.29, 0.717) is 49.3 Å². The topological polar surface area (TPSA) is 112 Å². The largest absolute Gasteiger partial charge is 0.489 e. The van der Waals surface area contributed by atoms with Gasteiger partial charge in [-0.1, -0.05) is 29.8 Å². The maximum Gasteiger partial charge on any atom is 0.344 e. The number of aromatic nitrogens is 1. The number of methoxy groups -OCH3 is 1. The lowest BCUT2D eigenvalue weighted by Gasteiger charge is -2.45. The zero-order valence-electron chi connectivity index (χ0n) is 24.8. The Hall–Kier alpha value is -3.14. The number of ether oxygens (including phenoxy) is 2. The van der Waals surface area contributed by atoms with Crippen molar-refractivity contribution in [2.75, 3.05) is 45.3 Å². The number of anilines is 1. The van der Waals surface area contributed by atoms with Crippen molar-refractivity contribution >= 4 is 29.3 Å². The van der Waals surface area contributed by atoms with E-state index in [-0.39, 0.29) is 22.9 Å². The van der Waals surface area contributed by atoms with Gasteiger partial charge in [-0.25, -0.2) is 9.78 Å². The number of aliphatic hydroxyl groups excluding tert-OH is 1. The standard InChI is InChI=1S/C33H40ClN3O6/c1-36-15-4-3-7-26(38)24-10-8-22(24)18-37-19-32(14-5-6-21-16-23(34)9-11-25(21)32)20-43-27-12-13-28(35-30(27)37)33(41,17-29(36)39)31(40)42-2/h3,7,9,11-13,16,22,24,26,38,41H,4-6,8,10,14-15,17-20H2,1-2H3/b7-3+/t22-,24+,26-,32-,33-/m0/s1. The normalized spacial score (nSPS) is 31.7. The van der Waals surface area contributed by atoms with Gasteiger partial charge in [0.05, 0.1) is 31.9 Å². The van der Waals surface area contributed by atoms with Crippen LogP contribution in [0.15, 0.2) is 42.5 Å². The van der Waals surface area contributed by atoms with Crippen molar-refractivity contribution in [1.82, 2.24) is 9.88 Å². The molecule has 5 atom stereocenters. The first kappa shape index (κ1) is 29.9. The molecule has 0 radical (unpaired) electrons. The molecular weight excluding hydrogens is 570 g/mol. The highest BCUT2D eigenvalue weighted by atomic mass is 35.5. The molecule has 1 aromatic heterocycles. The van der Waals surface area contributed by atoms with Crippen LogP contribution in [0, 0.1) is 11.8 Å². The summed E-state index contributed by atoms with van der Waals surface area (Å²) in [4.78, 5) is 34.8. The lowest BCUT2D eigenvalue weighted by molar-refractivity contribution is -0.168. The van der Waals surface area contributed by atoms with Crippen LogP contribution in [0.1, 0.15) is 55.3 Å². The maximum absolute atomic E-state index is 13.2. The first-order chi connectivity index (χ1) is 20.6. The van der Waals surface area contributed by atoms with Gasteiger partial charge >= 0.3 is 5.97 Å². The second kappa shape index (κ2) is 11.7. The van der Waals surface area contributed by atoms with Crippen LogP contribution in [0.2, 0.25) is 5.02 Å². The van der Waals surface area contributed by atoms with Gasteiger partial charge in [0.15, 0.2) is 11.6 Å². The molecule has 2 aromatic rings. The molecule has 2 N–H and O–H groups in total. The molecule has 2 bridgehead atoms. The minimum atomic E-state index is -2.28. The average molecular weight is 610 g/mol. The van der Waals surface area contributed by atoms with E-state index in [2.05, 4.69) is 17.0 Å². The zero-order valence-corrected chi connectivity index (χ0v) is 25.6. The van der Waals surface area contributed by atoms with Crippen LogP contribution in [-0.2, 0) is 31.8 Å². The molecule has 6 rings (SSSR count). The van der Waals surface area contributed by atoms with Crippen LogP contribution in [0.5, 0.6) is 5.75 Å². The fraction of sp³-hybridized carbons (Fsp3) is 0.545. The summed E-state index contributed by atoms with van der Waals surface area (Å²) >= 11 is 6.39. The molecule has 1 fully saturated rings. The van der Waals surface area contributed by atoms with Crippen molar-refractivity contribution in [1.29, 1.82) is 0 Å². The summed E-state index contributed by atoms with van der Waals surface area (Å²) in [6.07, 6.45) is 7.96. The third-order valence-corrected chi connectivity index (χ3v) is 10.2. The van der Waals surface area contributed by atoms with Crippen LogP contribution < -0.4 is 9.64 Å². The molecule has 9 nitrogen and oxygen atoms in total. The number of carbonyl (C=O) groups is 2. The number of nitrogens with zero attached hydrogens (tertiary/aromatic N) is 3. The summed E-state index contributed by atoms with van der Waals surface area (Å²) in [5.41, 5.74) is -0.120. The van der Waals surface area contributed by atoms with E-state index in [1.807, 2.05) is 18.2 Å². The molecule has 1 saturated carbocycles. The Morgan fingerprint density at radius 1 is 1.23 bits per heavy atom. The van der Waals surface area contributed by atoms with Gasteiger partial charge in [-0.2, -0.15) is 0 Å². The van der Waals surface area contributed by atoms with Gasteiger partial charge in [-0.15, -0.1) is 0 Å². The highest BCUT2D eigenvalue weighted by molar-refractivity contribution is 6.30. The number of aryl methyl sites for hydroxylation is 1. The van der Waals surface area contributed by atoms with Gasteiger partial charge in [0, 0.05) is 37.1 Å². The summed E-state index contributed by atoms with van der Waals surface area (Å²) in [5, 5.41) is 23.6.